The molecule has 0 unspecified atom stereocenters. The van der Waals surface area contributed by atoms with E-state index in [-0.39, 0.29) is 0 Å². The topological polar surface area (TPSA) is 67.3 Å². The van der Waals surface area contributed by atoms with Crippen LogP contribution >= 0.6 is 15.9 Å². The Hall–Kier alpha value is -1.18. The highest BCUT2D eigenvalue weighted by Gasteiger charge is 2.36. The summed E-state index contributed by atoms with van der Waals surface area (Å²) < 4.78 is 11.7. The van der Waals surface area contributed by atoms with E-state index in [1.807, 2.05) is 12.1 Å². The first-order valence-electron chi connectivity index (χ1n) is 6.79. The third-order valence-electron chi connectivity index (χ3n) is 4.07. The molecule has 0 radical (unpaired) electrons. The molecule has 0 spiro atoms. The van der Waals surface area contributed by atoms with Crippen molar-refractivity contribution >= 4 is 15.9 Å². The Morgan fingerprint density at radius 2 is 2.00 bits per heavy atom. The maximum absolute atomic E-state index is 5.67. The Morgan fingerprint density at radius 1 is 1.20 bits per heavy atom. The quantitative estimate of drug-likeness (QED) is 0.919. The van der Waals surface area contributed by atoms with Crippen molar-refractivity contribution in [3.05, 3.63) is 22.7 Å². The summed E-state index contributed by atoms with van der Waals surface area (Å²) in [6.07, 6.45) is 0. The Kier molecular flexibility index (Phi) is 3.13. The smallest absolute Gasteiger partial charge is 0.283 e. The molecular weight excluding hydrogens is 324 g/mol. The van der Waals surface area contributed by atoms with E-state index < -0.39 is 0 Å². The van der Waals surface area contributed by atoms with Crippen LogP contribution in [-0.2, 0) is 6.54 Å². The van der Waals surface area contributed by atoms with Crippen LogP contribution in [0.15, 0.2) is 25.6 Å². The number of fused-ring (bicyclic) bond motifs is 1. The fourth-order valence-corrected chi connectivity index (χ4v) is 3.43. The third-order valence-corrected chi connectivity index (χ3v) is 4.50. The molecule has 2 fully saturated rings. The molecule has 2 aliphatic rings. The molecule has 2 aromatic heterocycles. The van der Waals surface area contributed by atoms with E-state index >= 15 is 0 Å². The van der Waals surface area contributed by atoms with Gasteiger partial charge in [-0.15, -0.1) is 10.2 Å². The second kappa shape index (κ2) is 4.98. The summed E-state index contributed by atoms with van der Waals surface area (Å²) in [6, 6.07) is 3.63. The maximum Gasteiger partial charge on any atom is 0.283 e. The Balaban J connectivity index is 1.44. The molecule has 4 rings (SSSR count). The number of nitrogens with zero attached hydrogens (tertiary/aromatic N) is 3. The lowest BCUT2D eigenvalue weighted by Gasteiger charge is -2.13. The first-order chi connectivity index (χ1) is 9.78. The van der Waals surface area contributed by atoms with Crippen LogP contribution in [-0.4, -0.2) is 41.3 Å². The minimum absolute atomic E-state index is 0.437. The predicted octanol–water partition coefficient (Wildman–Crippen LogP) is 1.74. The fourth-order valence-electron chi connectivity index (χ4n) is 3.12. The second-order valence-corrected chi connectivity index (χ2v) is 6.26. The van der Waals surface area contributed by atoms with E-state index in [2.05, 4.69) is 36.3 Å². The molecule has 0 amide bonds. The number of likely N-dealkylation sites (tertiary alicyclic amines) is 1. The van der Waals surface area contributed by atoms with Crippen LogP contribution in [0.5, 0.6) is 0 Å². The molecule has 7 heteroatoms. The summed E-state index contributed by atoms with van der Waals surface area (Å²) in [5.41, 5.74) is 0. The van der Waals surface area contributed by atoms with Gasteiger partial charge in [-0.2, -0.15) is 0 Å². The molecule has 106 valence electrons. The van der Waals surface area contributed by atoms with Crippen molar-refractivity contribution in [2.24, 2.45) is 11.8 Å². The first-order valence-corrected chi connectivity index (χ1v) is 7.58. The van der Waals surface area contributed by atoms with Gasteiger partial charge in [-0.05, 0) is 53.0 Å². The number of hydrogen-bond donors (Lipinski definition) is 1. The molecule has 0 aromatic carbocycles. The highest BCUT2D eigenvalue weighted by atomic mass is 79.9. The van der Waals surface area contributed by atoms with Crippen LogP contribution in [0.25, 0.3) is 11.7 Å². The lowest BCUT2D eigenvalue weighted by Crippen LogP contribution is -2.25. The lowest BCUT2D eigenvalue weighted by molar-refractivity contribution is 0.272. The first kappa shape index (κ1) is 12.6. The van der Waals surface area contributed by atoms with Gasteiger partial charge in [0.1, 0.15) is 0 Å². The summed E-state index contributed by atoms with van der Waals surface area (Å²) in [5.74, 6) is 3.24. The number of nitrogens with one attached hydrogen (secondary N) is 1. The van der Waals surface area contributed by atoms with Crippen LogP contribution in [0.1, 0.15) is 5.89 Å². The molecule has 2 saturated heterocycles. The average molecular weight is 339 g/mol. The fraction of sp³-hybridized carbons (Fsp3) is 0.538. The maximum atomic E-state index is 5.67. The van der Waals surface area contributed by atoms with Gasteiger partial charge in [0.25, 0.3) is 5.89 Å². The van der Waals surface area contributed by atoms with E-state index in [0.717, 1.165) is 44.6 Å². The SMILES string of the molecule is Brc1ccc(-c2nnc(CN3C[C@H]4CNC[C@H]4C3)o2)o1. The molecule has 0 saturated carbocycles. The predicted molar refractivity (Wildman–Crippen MR) is 74.8 cm³/mol. The number of halogens is 1. The third kappa shape index (κ3) is 2.30. The average Bonchev–Trinajstić information content (AvgIpc) is 3.12. The van der Waals surface area contributed by atoms with E-state index in [1.54, 1.807) is 0 Å². The molecule has 0 aliphatic carbocycles. The van der Waals surface area contributed by atoms with Crippen molar-refractivity contribution in [3.8, 4) is 11.7 Å². The molecule has 1 N–H and O–H groups in total. The highest BCUT2D eigenvalue weighted by Crippen LogP contribution is 2.28. The Morgan fingerprint density at radius 3 is 2.70 bits per heavy atom. The normalized spacial score (nSPS) is 26.2. The van der Waals surface area contributed by atoms with Crippen LogP contribution in [0.2, 0.25) is 0 Å². The summed E-state index contributed by atoms with van der Waals surface area (Å²) in [7, 11) is 0. The Labute approximate surface area is 124 Å². The van der Waals surface area contributed by atoms with Crippen LogP contribution in [0.3, 0.4) is 0 Å². The summed E-state index contributed by atoms with van der Waals surface area (Å²) in [6.45, 7) is 5.22. The lowest BCUT2D eigenvalue weighted by atomic mass is 10.0. The minimum atomic E-state index is 0.437. The van der Waals surface area contributed by atoms with Gasteiger partial charge in [0.2, 0.25) is 5.89 Å². The molecule has 2 aliphatic heterocycles. The largest absolute Gasteiger partial charge is 0.444 e. The molecule has 6 nitrogen and oxygen atoms in total. The number of furan rings is 1. The van der Waals surface area contributed by atoms with Gasteiger partial charge in [0.05, 0.1) is 6.54 Å². The van der Waals surface area contributed by atoms with Crippen molar-refractivity contribution in [2.75, 3.05) is 26.2 Å². The van der Waals surface area contributed by atoms with Gasteiger partial charge in [0, 0.05) is 13.1 Å². The van der Waals surface area contributed by atoms with Crippen LogP contribution in [0, 0.1) is 11.8 Å². The zero-order valence-corrected chi connectivity index (χ0v) is 12.5. The monoisotopic (exact) mass is 338 g/mol. The van der Waals surface area contributed by atoms with Crippen LogP contribution < -0.4 is 5.32 Å². The van der Waals surface area contributed by atoms with E-state index in [4.69, 9.17) is 8.83 Å². The van der Waals surface area contributed by atoms with Crippen molar-refractivity contribution in [2.45, 2.75) is 6.54 Å². The molecule has 4 heterocycles. The van der Waals surface area contributed by atoms with E-state index in [0.29, 0.717) is 22.2 Å². The van der Waals surface area contributed by atoms with Crippen LogP contribution in [0.4, 0.5) is 0 Å². The highest BCUT2D eigenvalue weighted by molar-refractivity contribution is 9.10. The van der Waals surface area contributed by atoms with Gasteiger partial charge in [-0.25, -0.2) is 0 Å². The molecule has 20 heavy (non-hydrogen) atoms. The molecule has 0 bridgehead atoms. The zero-order chi connectivity index (χ0) is 13.5. The standard InChI is InChI=1S/C13H15BrN4O2/c14-11-2-1-10(19-11)13-17-16-12(20-13)7-18-5-8-3-15-4-9(8)6-18/h1-2,8-9,15H,3-7H2/t8-,9+. The summed E-state index contributed by atoms with van der Waals surface area (Å²) >= 11 is 3.26. The molecule has 2 atom stereocenters. The van der Waals surface area contributed by atoms with Gasteiger partial charge in [0.15, 0.2) is 10.4 Å². The van der Waals surface area contributed by atoms with Crippen molar-refractivity contribution in [3.63, 3.8) is 0 Å². The summed E-state index contributed by atoms with van der Waals surface area (Å²) in [4.78, 5) is 2.39. The zero-order valence-electron chi connectivity index (χ0n) is 10.9. The Bertz CT molecular complexity index is 599. The minimum Gasteiger partial charge on any atom is -0.444 e. The van der Waals surface area contributed by atoms with Crippen molar-refractivity contribution in [1.29, 1.82) is 0 Å². The number of rotatable bonds is 3. The van der Waals surface area contributed by atoms with Crippen molar-refractivity contribution in [1.82, 2.24) is 20.4 Å². The number of hydrogen-bond acceptors (Lipinski definition) is 6. The van der Waals surface area contributed by atoms with Crippen molar-refractivity contribution < 1.29 is 8.83 Å². The van der Waals surface area contributed by atoms with Gasteiger partial charge in [-0.1, -0.05) is 0 Å². The molecular formula is C13H15BrN4O2. The molecule has 2 aromatic rings. The van der Waals surface area contributed by atoms with Gasteiger partial charge in [-0.3, -0.25) is 4.90 Å². The van der Waals surface area contributed by atoms with Gasteiger partial charge >= 0.3 is 0 Å². The van der Waals surface area contributed by atoms with E-state index in [9.17, 15) is 0 Å². The summed E-state index contributed by atoms with van der Waals surface area (Å²) in [5, 5.41) is 11.6. The second-order valence-electron chi connectivity index (χ2n) is 5.48. The van der Waals surface area contributed by atoms with Gasteiger partial charge < -0.3 is 14.2 Å². The van der Waals surface area contributed by atoms with E-state index in [1.165, 1.54) is 0 Å². The number of aromatic nitrogens is 2.